The van der Waals surface area contributed by atoms with E-state index in [-0.39, 0.29) is 17.5 Å². The predicted octanol–water partition coefficient (Wildman–Crippen LogP) is 4.05. The zero-order valence-electron chi connectivity index (χ0n) is 17.3. The lowest BCUT2D eigenvalue weighted by atomic mass is 10.1. The van der Waals surface area contributed by atoms with Crippen molar-refractivity contribution in [2.45, 2.75) is 33.0 Å². The van der Waals surface area contributed by atoms with Gasteiger partial charge in [-0.05, 0) is 49.2 Å². The van der Waals surface area contributed by atoms with Gasteiger partial charge in [0.15, 0.2) is 0 Å². The van der Waals surface area contributed by atoms with E-state index in [0.29, 0.717) is 22.8 Å². The number of aromatic nitrogens is 2. The number of amides is 1. The van der Waals surface area contributed by atoms with Crippen molar-refractivity contribution in [1.29, 1.82) is 0 Å². The number of fused-ring (bicyclic) bond motifs is 1. The zero-order valence-corrected chi connectivity index (χ0v) is 18.1. The van der Waals surface area contributed by atoms with Crippen molar-refractivity contribution in [1.82, 2.24) is 15.1 Å². The summed E-state index contributed by atoms with van der Waals surface area (Å²) in [5.41, 5.74) is 3.40. The quantitative estimate of drug-likeness (QED) is 0.606. The number of nitrogens with zero attached hydrogens (tertiary/aromatic N) is 3. The van der Waals surface area contributed by atoms with Gasteiger partial charge in [-0.2, -0.15) is 5.10 Å². The zero-order chi connectivity index (χ0) is 22.1. The lowest BCUT2D eigenvalue weighted by Crippen LogP contribution is -2.29. The van der Waals surface area contributed by atoms with E-state index >= 15 is 0 Å². The van der Waals surface area contributed by atoms with Gasteiger partial charge in [0.25, 0.3) is 5.91 Å². The van der Waals surface area contributed by atoms with Crippen LogP contribution in [0, 0.1) is 6.92 Å². The Morgan fingerprint density at radius 3 is 2.45 bits per heavy atom. The summed E-state index contributed by atoms with van der Waals surface area (Å²) in [6, 6.07) is 13.9. The predicted molar refractivity (Wildman–Crippen MR) is 119 cm³/mol. The molecule has 2 heterocycles. The molecular weight excluding hydrogens is 416 g/mol. The number of nitrogens with one attached hydrogen (secondary N) is 1. The maximum Gasteiger partial charge on any atom is 0.335 e. The van der Waals surface area contributed by atoms with Crippen LogP contribution in [0.15, 0.2) is 48.5 Å². The molecule has 8 heteroatoms. The minimum atomic E-state index is -0.977. The van der Waals surface area contributed by atoms with E-state index in [1.54, 1.807) is 12.1 Å². The highest BCUT2D eigenvalue weighted by atomic mass is 35.5. The van der Waals surface area contributed by atoms with Gasteiger partial charge in [-0.15, -0.1) is 0 Å². The van der Waals surface area contributed by atoms with E-state index in [0.717, 1.165) is 30.0 Å². The highest BCUT2D eigenvalue weighted by molar-refractivity contribution is 6.30. The number of carboxylic acids is 1. The van der Waals surface area contributed by atoms with Crippen LogP contribution in [0.25, 0.3) is 0 Å². The van der Waals surface area contributed by atoms with Gasteiger partial charge in [0.05, 0.1) is 23.8 Å². The molecule has 0 aliphatic carbocycles. The average Bonchev–Trinajstić information content (AvgIpc) is 3.27. The van der Waals surface area contributed by atoms with Gasteiger partial charge in [0.1, 0.15) is 11.4 Å². The van der Waals surface area contributed by atoms with Gasteiger partial charge < -0.3 is 15.3 Å². The van der Waals surface area contributed by atoms with Gasteiger partial charge >= 0.3 is 5.97 Å². The van der Waals surface area contributed by atoms with Crippen molar-refractivity contribution in [3.63, 3.8) is 0 Å². The first-order valence-electron chi connectivity index (χ1n) is 10.0. The van der Waals surface area contributed by atoms with Crippen molar-refractivity contribution in [3.8, 4) is 0 Å². The van der Waals surface area contributed by atoms with Gasteiger partial charge in [0, 0.05) is 18.1 Å². The maximum absolute atomic E-state index is 13.2. The molecule has 1 aliphatic rings. The number of carboxylic acid groups (broad SMARTS) is 1. The molecule has 7 nitrogen and oxygen atoms in total. The maximum atomic E-state index is 13.2. The van der Waals surface area contributed by atoms with Crippen LogP contribution in [0.5, 0.6) is 0 Å². The molecule has 0 spiro atoms. The molecule has 0 bridgehead atoms. The molecule has 4 rings (SSSR count). The highest BCUT2D eigenvalue weighted by Gasteiger charge is 2.30. The summed E-state index contributed by atoms with van der Waals surface area (Å²) < 4.78 is 1.88. The monoisotopic (exact) mass is 438 g/mol. The normalized spacial score (nSPS) is 13.7. The molecule has 0 saturated heterocycles. The summed E-state index contributed by atoms with van der Waals surface area (Å²) in [4.78, 5) is 26.4. The summed E-state index contributed by atoms with van der Waals surface area (Å²) in [5.74, 6) is -0.356. The van der Waals surface area contributed by atoms with Crippen LogP contribution in [0.3, 0.4) is 0 Å². The minimum absolute atomic E-state index is 0.198. The van der Waals surface area contributed by atoms with Crippen LogP contribution in [0.1, 0.15) is 50.5 Å². The second-order valence-corrected chi connectivity index (χ2v) is 8.11. The third-order valence-corrected chi connectivity index (χ3v) is 5.75. The van der Waals surface area contributed by atoms with E-state index in [1.807, 2.05) is 42.8 Å². The number of aromatic carboxylic acids is 1. The van der Waals surface area contributed by atoms with Crippen LogP contribution in [-0.4, -0.2) is 33.3 Å². The Morgan fingerprint density at radius 2 is 1.81 bits per heavy atom. The molecule has 0 saturated carbocycles. The number of aryl methyl sites for hydroxylation is 1. The molecule has 1 atom stereocenters. The number of rotatable bonds is 6. The molecule has 0 radical (unpaired) electrons. The van der Waals surface area contributed by atoms with E-state index < -0.39 is 5.97 Å². The van der Waals surface area contributed by atoms with Crippen molar-refractivity contribution >= 4 is 29.3 Å². The molecule has 160 valence electrons. The smallest absolute Gasteiger partial charge is 0.335 e. The Labute approximate surface area is 185 Å². The first kappa shape index (κ1) is 20.9. The summed E-state index contributed by atoms with van der Waals surface area (Å²) >= 11 is 5.99. The topological polar surface area (TPSA) is 87.5 Å². The molecule has 0 fully saturated rings. The lowest BCUT2D eigenvalue weighted by Gasteiger charge is -2.20. The fraction of sp³-hybridized carbons (Fsp3) is 0.261. The summed E-state index contributed by atoms with van der Waals surface area (Å²) in [7, 11) is 0. The molecule has 1 amide bonds. The number of hydrogen-bond acceptors (Lipinski definition) is 4. The van der Waals surface area contributed by atoms with Crippen LogP contribution in [-0.2, 0) is 13.1 Å². The largest absolute Gasteiger partial charge is 0.478 e. The fourth-order valence-corrected chi connectivity index (χ4v) is 3.99. The Kier molecular flexibility index (Phi) is 5.69. The molecule has 1 aromatic heterocycles. The van der Waals surface area contributed by atoms with Crippen LogP contribution in [0.2, 0.25) is 5.02 Å². The first-order chi connectivity index (χ1) is 14.8. The van der Waals surface area contributed by atoms with Crippen molar-refractivity contribution in [2.75, 3.05) is 11.4 Å². The van der Waals surface area contributed by atoms with Crippen molar-refractivity contribution in [3.05, 3.63) is 81.5 Å². The lowest BCUT2D eigenvalue weighted by molar-refractivity contribution is 0.0696. The van der Waals surface area contributed by atoms with Gasteiger partial charge in [-0.3, -0.25) is 4.79 Å². The van der Waals surface area contributed by atoms with Crippen LogP contribution in [0.4, 0.5) is 5.82 Å². The summed E-state index contributed by atoms with van der Waals surface area (Å²) in [6.45, 7) is 5.88. The molecule has 1 aliphatic heterocycles. The molecule has 0 unspecified atom stereocenters. The summed E-state index contributed by atoms with van der Waals surface area (Å²) in [6.07, 6.45) is 0. The molecule has 31 heavy (non-hydrogen) atoms. The highest BCUT2D eigenvalue weighted by Crippen LogP contribution is 2.30. The fourth-order valence-electron chi connectivity index (χ4n) is 3.86. The Morgan fingerprint density at radius 1 is 1.13 bits per heavy atom. The SMILES string of the molecule is Cc1nn2c(c1C(=O)N[C@@H](C)c1ccc(C(=O)O)cc1)N(Cc1ccc(Cl)cc1)CC2. The number of anilines is 1. The molecule has 3 aromatic rings. The first-order valence-corrected chi connectivity index (χ1v) is 10.4. The number of hydrogen-bond donors (Lipinski definition) is 2. The van der Waals surface area contributed by atoms with E-state index in [9.17, 15) is 9.59 Å². The van der Waals surface area contributed by atoms with Gasteiger partial charge in [0.2, 0.25) is 0 Å². The number of halogens is 1. The van der Waals surface area contributed by atoms with Gasteiger partial charge in [-0.1, -0.05) is 35.9 Å². The summed E-state index contributed by atoms with van der Waals surface area (Å²) in [5, 5.41) is 17.3. The van der Waals surface area contributed by atoms with Gasteiger partial charge in [-0.25, -0.2) is 9.48 Å². The van der Waals surface area contributed by atoms with Crippen LogP contribution >= 0.6 is 11.6 Å². The molecule has 2 aromatic carbocycles. The second-order valence-electron chi connectivity index (χ2n) is 7.68. The van der Waals surface area contributed by atoms with Crippen LogP contribution < -0.4 is 10.2 Å². The second kappa shape index (κ2) is 8.43. The molecular formula is C23H23ClN4O3. The average molecular weight is 439 g/mol. The van der Waals surface area contributed by atoms with Crippen molar-refractivity contribution < 1.29 is 14.7 Å². The minimum Gasteiger partial charge on any atom is -0.478 e. The third-order valence-electron chi connectivity index (χ3n) is 5.50. The Hall–Kier alpha value is -3.32. The van der Waals surface area contributed by atoms with E-state index in [4.69, 9.17) is 16.7 Å². The van der Waals surface area contributed by atoms with E-state index in [2.05, 4.69) is 15.3 Å². The standard InChI is InChI=1S/C23H23ClN4O3/c1-14(17-5-7-18(8-6-17)23(30)31)25-21(29)20-15(2)26-28-12-11-27(22(20)28)13-16-3-9-19(24)10-4-16/h3-10,14H,11-13H2,1-2H3,(H,25,29)(H,30,31)/t14-/m0/s1. The van der Waals surface area contributed by atoms with Crippen molar-refractivity contribution in [2.24, 2.45) is 0 Å². The van der Waals surface area contributed by atoms with E-state index in [1.165, 1.54) is 12.1 Å². The third kappa shape index (κ3) is 4.27. The number of carbonyl (C=O) groups is 2. The Balaban J connectivity index is 1.54. The number of benzene rings is 2. The molecule has 2 N–H and O–H groups in total. The Bertz CT molecular complexity index is 1120. The number of carbonyl (C=O) groups excluding carboxylic acids is 1.